The summed E-state index contributed by atoms with van der Waals surface area (Å²) in [6, 6.07) is -0.594. The molecule has 1 aromatic heterocycles. The first-order chi connectivity index (χ1) is 6.24. The lowest BCUT2D eigenvalue weighted by atomic mass is 10.2. The summed E-state index contributed by atoms with van der Waals surface area (Å²) in [7, 11) is 0. The van der Waals surface area contributed by atoms with Gasteiger partial charge in [-0.25, -0.2) is 9.78 Å². The van der Waals surface area contributed by atoms with Crippen LogP contribution < -0.4 is 5.32 Å². The molecule has 0 amide bonds. The van der Waals surface area contributed by atoms with Crippen molar-refractivity contribution in [1.29, 1.82) is 0 Å². The number of aliphatic carboxylic acids is 1. The van der Waals surface area contributed by atoms with E-state index in [4.69, 9.17) is 5.11 Å². The number of nitrogens with one attached hydrogen (secondary N) is 1. The van der Waals surface area contributed by atoms with Crippen molar-refractivity contribution in [3.8, 4) is 0 Å². The molecule has 1 aromatic rings. The summed E-state index contributed by atoms with van der Waals surface area (Å²) >= 11 is 5.37. The predicted octanol–water partition coefficient (Wildman–Crippen LogP) is 1.33. The molecule has 0 aliphatic rings. The molecule has 0 radical (unpaired) electrons. The molecule has 0 aliphatic carbocycles. The Morgan fingerprint density at radius 3 is 3.08 bits per heavy atom. The first-order valence-electron chi connectivity index (χ1n) is 3.73. The van der Waals surface area contributed by atoms with Gasteiger partial charge >= 0.3 is 5.97 Å². The van der Waals surface area contributed by atoms with Gasteiger partial charge in [-0.1, -0.05) is 0 Å². The molecular formula is C7H10N2O2S2. The third-order valence-electron chi connectivity index (χ3n) is 1.45. The quantitative estimate of drug-likeness (QED) is 0.652. The van der Waals surface area contributed by atoms with Crippen LogP contribution in [0.2, 0.25) is 0 Å². The molecule has 0 aliphatic heterocycles. The smallest absolute Gasteiger partial charge is 0.326 e. The molecule has 0 saturated heterocycles. The third kappa shape index (κ3) is 3.23. The molecular weight excluding hydrogens is 208 g/mol. The van der Waals surface area contributed by atoms with Crippen LogP contribution in [0.5, 0.6) is 0 Å². The highest BCUT2D eigenvalue weighted by atomic mass is 32.1. The van der Waals surface area contributed by atoms with E-state index in [2.05, 4.69) is 22.9 Å². The second kappa shape index (κ2) is 5.08. The van der Waals surface area contributed by atoms with E-state index >= 15 is 0 Å². The molecule has 13 heavy (non-hydrogen) atoms. The highest BCUT2D eigenvalue weighted by Gasteiger charge is 2.16. The number of thiazole rings is 1. The molecule has 4 nitrogen and oxygen atoms in total. The van der Waals surface area contributed by atoms with Crippen LogP contribution in [0, 0.1) is 0 Å². The fourth-order valence-electron chi connectivity index (χ4n) is 0.830. The molecule has 1 heterocycles. The molecule has 2 N–H and O–H groups in total. The Hall–Kier alpha value is -0.750. The molecule has 6 heteroatoms. The zero-order valence-electron chi connectivity index (χ0n) is 6.80. The van der Waals surface area contributed by atoms with Crippen LogP contribution in [0.4, 0.5) is 5.13 Å². The van der Waals surface area contributed by atoms with Crippen LogP contribution in [0.25, 0.3) is 0 Å². The number of hydrogen-bond donors (Lipinski definition) is 3. The predicted molar refractivity (Wildman–Crippen MR) is 55.6 cm³/mol. The summed E-state index contributed by atoms with van der Waals surface area (Å²) in [6.07, 6.45) is 2.12. The van der Waals surface area contributed by atoms with E-state index in [0.29, 0.717) is 17.3 Å². The van der Waals surface area contributed by atoms with E-state index in [1.807, 2.05) is 0 Å². The van der Waals surface area contributed by atoms with Crippen LogP contribution >= 0.6 is 24.0 Å². The van der Waals surface area contributed by atoms with Crippen molar-refractivity contribution in [3.63, 3.8) is 0 Å². The monoisotopic (exact) mass is 218 g/mol. The van der Waals surface area contributed by atoms with Gasteiger partial charge < -0.3 is 10.4 Å². The summed E-state index contributed by atoms with van der Waals surface area (Å²) in [5.41, 5.74) is 0. The Bertz CT molecular complexity index is 263. The normalized spacial score (nSPS) is 12.4. The molecule has 0 saturated carbocycles. The van der Waals surface area contributed by atoms with Gasteiger partial charge in [0.2, 0.25) is 0 Å². The first kappa shape index (κ1) is 10.3. The van der Waals surface area contributed by atoms with E-state index in [-0.39, 0.29) is 0 Å². The van der Waals surface area contributed by atoms with Crippen molar-refractivity contribution in [2.75, 3.05) is 11.1 Å². The highest BCUT2D eigenvalue weighted by molar-refractivity contribution is 7.80. The minimum atomic E-state index is -0.871. The van der Waals surface area contributed by atoms with Gasteiger partial charge in [-0.2, -0.15) is 12.6 Å². The summed E-state index contributed by atoms with van der Waals surface area (Å²) in [5, 5.41) is 14.0. The number of hydrogen-bond acceptors (Lipinski definition) is 5. The number of rotatable bonds is 5. The number of carboxylic acid groups (broad SMARTS) is 1. The number of aromatic nitrogens is 1. The first-order valence-corrected chi connectivity index (χ1v) is 5.25. The Labute approximate surface area is 85.4 Å². The third-order valence-corrected chi connectivity index (χ3v) is 2.41. The van der Waals surface area contributed by atoms with Gasteiger partial charge in [0.1, 0.15) is 6.04 Å². The Balaban J connectivity index is 2.52. The fourth-order valence-corrected chi connectivity index (χ4v) is 1.67. The molecule has 0 aromatic carbocycles. The molecule has 1 unspecified atom stereocenters. The topological polar surface area (TPSA) is 62.2 Å². The van der Waals surface area contributed by atoms with Crippen molar-refractivity contribution in [2.24, 2.45) is 0 Å². The number of anilines is 1. The zero-order chi connectivity index (χ0) is 9.68. The van der Waals surface area contributed by atoms with E-state index in [0.717, 1.165) is 0 Å². The maximum absolute atomic E-state index is 10.7. The van der Waals surface area contributed by atoms with Gasteiger partial charge in [0.25, 0.3) is 0 Å². The Morgan fingerprint density at radius 2 is 2.62 bits per heavy atom. The lowest BCUT2D eigenvalue weighted by Gasteiger charge is -2.11. The maximum Gasteiger partial charge on any atom is 0.326 e. The average Bonchev–Trinajstić information content (AvgIpc) is 2.56. The van der Waals surface area contributed by atoms with Crippen molar-refractivity contribution < 1.29 is 9.90 Å². The Morgan fingerprint density at radius 1 is 1.85 bits per heavy atom. The van der Waals surface area contributed by atoms with Gasteiger partial charge in [0.15, 0.2) is 5.13 Å². The minimum Gasteiger partial charge on any atom is -0.480 e. The number of thiol groups is 1. The molecule has 0 bridgehead atoms. The molecule has 1 atom stereocenters. The van der Waals surface area contributed by atoms with Crippen molar-refractivity contribution in [3.05, 3.63) is 11.6 Å². The van der Waals surface area contributed by atoms with Gasteiger partial charge in [0, 0.05) is 11.6 Å². The maximum atomic E-state index is 10.7. The largest absolute Gasteiger partial charge is 0.480 e. The van der Waals surface area contributed by atoms with Gasteiger partial charge in [-0.15, -0.1) is 11.3 Å². The number of nitrogens with zero attached hydrogens (tertiary/aromatic N) is 1. The Kier molecular flexibility index (Phi) is 4.04. The SMILES string of the molecule is O=C(O)C(CCS)Nc1nccs1. The summed E-state index contributed by atoms with van der Waals surface area (Å²) in [5.74, 6) is -0.334. The van der Waals surface area contributed by atoms with Crippen molar-refractivity contribution in [2.45, 2.75) is 12.5 Å². The van der Waals surface area contributed by atoms with Gasteiger partial charge in [-0.3, -0.25) is 0 Å². The van der Waals surface area contributed by atoms with Crippen LogP contribution in [-0.4, -0.2) is 27.9 Å². The molecule has 1 rings (SSSR count). The zero-order valence-corrected chi connectivity index (χ0v) is 8.52. The van der Waals surface area contributed by atoms with Crippen molar-refractivity contribution in [1.82, 2.24) is 4.98 Å². The molecule has 0 fully saturated rings. The van der Waals surface area contributed by atoms with Crippen LogP contribution in [0.3, 0.4) is 0 Å². The molecule has 0 spiro atoms. The van der Waals surface area contributed by atoms with Crippen LogP contribution in [-0.2, 0) is 4.79 Å². The van der Waals surface area contributed by atoms with E-state index in [9.17, 15) is 4.79 Å². The van der Waals surface area contributed by atoms with Gasteiger partial charge in [-0.05, 0) is 12.2 Å². The van der Waals surface area contributed by atoms with Crippen molar-refractivity contribution >= 4 is 35.1 Å². The van der Waals surface area contributed by atoms with E-state index in [1.165, 1.54) is 11.3 Å². The lowest BCUT2D eigenvalue weighted by molar-refractivity contribution is -0.137. The van der Waals surface area contributed by atoms with Crippen LogP contribution in [0.15, 0.2) is 11.6 Å². The molecule has 72 valence electrons. The van der Waals surface area contributed by atoms with E-state index in [1.54, 1.807) is 11.6 Å². The van der Waals surface area contributed by atoms with Crippen LogP contribution in [0.1, 0.15) is 6.42 Å². The average molecular weight is 218 g/mol. The lowest BCUT2D eigenvalue weighted by Crippen LogP contribution is -2.29. The highest BCUT2D eigenvalue weighted by Crippen LogP contribution is 2.13. The number of carbonyl (C=O) groups is 1. The summed E-state index contributed by atoms with van der Waals surface area (Å²) in [4.78, 5) is 14.6. The minimum absolute atomic E-state index is 0.484. The summed E-state index contributed by atoms with van der Waals surface area (Å²) < 4.78 is 0. The fraction of sp³-hybridized carbons (Fsp3) is 0.429. The second-order valence-corrected chi connectivity index (χ2v) is 3.73. The van der Waals surface area contributed by atoms with Gasteiger partial charge in [0.05, 0.1) is 0 Å². The standard InChI is InChI=1S/C7H10N2O2S2/c10-6(11)5(1-3-12)9-7-8-2-4-13-7/h2,4-5,12H,1,3H2,(H,8,9)(H,10,11). The van der Waals surface area contributed by atoms with E-state index < -0.39 is 12.0 Å². The number of carboxylic acids is 1. The second-order valence-electron chi connectivity index (χ2n) is 2.38. The summed E-state index contributed by atoms with van der Waals surface area (Å²) in [6.45, 7) is 0.